The van der Waals surface area contributed by atoms with Crippen molar-refractivity contribution in [1.82, 2.24) is 20.8 Å². The molecule has 36 heavy (non-hydrogen) atoms. The highest BCUT2D eigenvalue weighted by molar-refractivity contribution is 6.05. The Balaban J connectivity index is 1.51. The van der Waals surface area contributed by atoms with E-state index in [0.29, 0.717) is 16.8 Å². The first-order chi connectivity index (χ1) is 16.8. The topological polar surface area (TPSA) is 110 Å². The molecule has 2 aromatic rings. The van der Waals surface area contributed by atoms with Gasteiger partial charge in [-0.15, -0.1) is 10.2 Å². The first kappa shape index (κ1) is 22.8. The van der Waals surface area contributed by atoms with Crippen molar-refractivity contribution in [3.05, 3.63) is 40.9 Å². The van der Waals surface area contributed by atoms with Crippen molar-refractivity contribution >= 4 is 17.6 Å². The quantitative estimate of drug-likeness (QED) is 0.563. The van der Waals surface area contributed by atoms with Crippen LogP contribution in [0.5, 0.6) is 0 Å². The number of morpholine rings is 1. The van der Waals surface area contributed by atoms with E-state index < -0.39 is 66.3 Å². The van der Waals surface area contributed by atoms with E-state index in [0.717, 1.165) is 0 Å². The normalized spacial score (nSPS) is 29.4. The number of benzene rings is 1. The number of imide groups is 1. The average Bonchev–Trinajstić information content (AvgIpc) is 3.38. The predicted octanol–water partition coefficient (Wildman–Crippen LogP) is 2.93. The Bertz CT molecular complexity index is 1350. The van der Waals surface area contributed by atoms with Crippen LogP contribution in [0, 0.1) is 5.41 Å². The molecular weight excluding hydrogens is 500 g/mol. The Labute approximate surface area is 197 Å². The van der Waals surface area contributed by atoms with Crippen LogP contribution in [0.25, 0.3) is 11.5 Å². The number of nitrogens with one attached hydrogen (secondary N) is 2. The van der Waals surface area contributed by atoms with Crippen molar-refractivity contribution < 1.29 is 45.1 Å². The molecule has 2 N–H and O–H groups in total. The van der Waals surface area contributed by atoms with Gasteiger partial charge < -0.3 is 19.4 Å². The lowest BCUT2D eigenvalue weighted by molar-refractivity contribution is -0.237. The fraction of sp³-hybridized carbons (Fsp3) is 0.429. The van der Waals surface area contributed by atoms with Gasteiger partial charge in [0.15, 0.2) is 6.10 Å². The van der Waals surface area contributed by atoms with Crippen molar-refractivity contribution in [3.8, 4) is 11.5 Å². The molecular formula is C21H15F6N5O4. The highest BCUT2D eigenvalue weighted by Gasteiger charge is 2.67. The fourth-order valence-corrected chi connectivity index (χ4v) is 5.67. The summed E-state index contributed by atoms with van der Waals surface area (Å²) in [6, 6.07) is 2.50. The Morgan fingerprint density at radius 1 is 1.11 bits per heavy atom. The molecule has 2 unspecified atom stereocenters. The maximum atomic E-state index is 13.8. The second-order valence-electron chi connectivity index (χ2n) is 9.05. The number of hydrogen-bond donors (Lipinski definition) is 2. The Hall–Kier alpha value is -3.62. The Morgan fingerprint density at radius 3 is 2.53 bits per heavy atom. The SMILES string of the molecule is CC1=C2NC(=O)NC(=O)[C@@]23Cc2cc(-c4nnc(C(F)(F)F)o4)ccc2N2C[C@@H](C(F)(F)F)OC1C23. The summed E-state index contributed by atoms with van der Waals surface area (Å²) in [7, 11) is 0. The summed E-state index contributed by atoms with van der Waals surface area (Å²) < 4.78 is 90.3. The summed E-state index contributed by atoms with van der Waals surface area (Å²) in [5.74, 6) is -2.71. The fourth-order valence-electron chi connectivity index (χ4n) is 5.67. The molecule has 2 saturated heterocycles. The van der Waals surface area contributed by atoms with Gasteiger partial charge in [-0.2, -0.15) is 26.3 Å². The number of anilines is 1. The molecule has 0 saturated carbocycles. The molecule has 1 aliphatic carbocycles. The van der Waals surface area contributed by atoms with Crippen molar-refractivity contribution in [1.29, 1.82) is 0 Å². The van der Waals surface area contributed by atoms with Crippen LogP contribution in [0.1, 0.15) is 18.4 Å². The average molecular weight is 515 g/mol. The summed E-state index contributed by atoms with van der Waals surface area (Å²) in [5, 5.41) is 11.2. The van der Waals surface area contributed by atoms with Crippen LogP contribution in [-0.2, 0) is 22.1 Å². The minimum Gasteiger partial charge on any atom is -0.413 e. The number of amides is 3. The van der Waals surface area contributed by atoms with E-state index in [2.05, 4.69) is 20.8 Å². The second-order valence-corrected chi connectivity index (χ2v) is 9.05. The van der Waals surface area contributed by atoms with Crippen molar-refractivity contribution in [2.75, 3.05) is 11.4 Å². The van der Waals surface area contributed by atoms with E-state index in [1.165, 1.54) is 30.0 Å². The lowest BCUT2D eigenvalue weighted by Gasteiger charge is -2.54. The molecule has 2 fully saturated rings. The first-order valence-corrected chi connectivity index (χ1v) is 10.7. The van der Waals surface area contributed by atoms with E-state index in [4.69, 9.17) is 9.15 Å². The number of rotatable bonds is 1. The molecule has 0 radical (unpaired) electrons. The lowest BCUT2D eigenvalue weighted by Crippen LogP contribution is -2.70. The number of fused-ring (bicyclic) bond motifs is 2. The molecule has 3 aliphatic heterocycles. The van der Waals surface area contributed by atoms with Crippen LogP contribution in [0.15, 0.2) is 33.9 Å². The largest absolute Gasteiger partial charge is 0.470 e. The smallest absolute Gasteiger partial charge is 0.413 e. The zero-order valence-electron chi connectivity index (χ0n) is 18.1. The number of halogens is 6. The van der Waals surface area contributed by atoms with Gasteiger partial charge in [-0.25, -0.2) is 4.79 Å². The van der Waals surface area contributed by atoms with Gasteiger partial charge in [0.05, 0.1) is 12.6 Å². The maximum absolute atomic E-state index is 13.8. The third-order valence-corrected chi connectivity index (χ3v) is 7.08. The van der Waals surface area contributed by atoms with Gasteiger partial charge in [0, 0.05) is 16.9 Å². The van der Waals surface area contributed by atoms with Crippen LogP contribution in [-0.4, -0.2) is 53.1 Å². The molecule has 15 heteroatoms. The molecule has 4 atom stereocenters. The molecule has 4 heterocycles. The molecule has 1 spiro atoms. The number of alkyl halides is 6. The van der Waals surface area contributed by atoms with Gasteiger partial charge >= 0.3 is 24.3 Å². The van der Waals surface area contributed by atoms with E-state index in [1.54, 1.807) is 0 Å². The maximum Gasteiger partial charge on any atom is 0.470 e. The number of aromatic nitrogens is 2. The molecule has 1 aromatic carbocycles. The molecule has 6 rings (SSSR count). The predicted molar refractivity (Wildman–Crippen MR) is 106 cm³/mol. The van der Waals surface area contributed by atoms with Crippen molar-refractivity contribution in [3.63, 3.8) is 0 Å². The van der Waals surface area contributed by atoms with Crippen molar-refractivity contribution in [2.45, 2.75) is 43.9 Å². The summed E-state index contributed by atoms with van der Waals surface area (Å²) >= 11 is 0. The number of hydrogen-bond acceptors (Lipinski definition) is 7. The van der Waals surface area contributed by atoms with E-state index in [1.807, 2.05) is 0 Å². The Kier molecular flexibility index (Phi) is 4.43. The lowest BCUT2D eigenvalue weighted by atomic mass is 9.69. The zero-order chi connectivity index (χ0) is 25.8. The number of carbonyl (C=O) groups is 2. The van der Waals surface area contributed by atoms with Gasteiger partial charge in [-0.1, -0.05) is 0 Å². The summed E-state index contributed by atoms with van der Waals surface area (Å²) in [5.41, 5.74) is -0.239. The van der Waals surface area contributed by atoms with Crippen molar-refractivity contribution in [2.24, 2.45) is 5.41 Å². The molecule has 1 aromatic heterocycles. The minimum absolute atomic E-state index is 0.0626. The van der Waals surface area contributed by atoms with Gasteiger partial charge in [-0.05, 0) is 42.7 Å². The molecule has 190 valence electrons. The van der Waals surface area contributed by atoms with E-state index in [-0.39, 0.29) is 17.7 Å². The zero-order valence-corrected chi connectivity index (χ0v) is 18.1. The highest BCUT2D eigenvalue weighted by atomic mass is 19.4. The van der Waals surface area contributed by atoms with Crippen LogP contribution < -0.4 is 15.5 Å². The second kappa shape index (κ2) is 6.99. The number of nitrogens with zero attached hydrogens (tertiary/aromatic N) is 3. The molecule has 9 nitrogen and oxygen atoms in total. The molecule has 4 aliphatic rings. The summed E-state index contributed by atoms with van der Waals surface area (Å²) in [6.07, 6.45) is -12.9. The highest BCUT2D eigenvalue weighted by Crippen LogP contribution is 2.56. The van der Waals surface area contributed by atoms with Crippen LogP contribution in [0.3, 0.4) is 0 Å². The Morgan fingerprint density at radius 2 is 1.86 bits per heavy atom. The third kappa shape index (κ3) is 3.01. The molecule has 0 bridgehead atoms. The van der Waals surface area contributed by atoms with Gasteiger partial charge in [0.1, 0.15) is 11.5 Å². The molecule has 3 amide bonds. The van der Waals surface area contributed by atoms with Crippen LogP contribution in [0.2, 0.25) is 0 Å². The number of urea groups is 1. The van der Waals surface area contributed by atoms with E-state index in [9.17, 15) is 35.9 Å². The van der Waals surface area contributed by atoms with E-state index >= 15 is 0 Å². The van der Waals surface area contributed by atoms with Gasteiger partial charge in [0.2, 0.25) is 11.8 Å². The minimum atomic E-state index is -4.86. The summed E-state index contributed by atoms with van der Waals surface area (Å²) in [6.45, 7) is 0.877. The standard InChI is InChI=1S/C21H15F6N5O4/c1-7-12-14-19(13(7)28-18(34)29-16(19)33)5-9-4-8(15-30-31-17(36-15)21(25,26)27)2-3-10(9)32(14)6-11(35-12)20(22,23)24/h2-4,11-12,14H,5-6H2,1H3,(H2,28,29,33,34)/t11-,12?,14?,19-/m0/s1. The van der Waals surface area contributed by atoms with Crippen LogP contribution in [0.4, 0.5) is 36.8 Å². The number of carbonyl (C=O) groups excluding carboxylic acids is 2. The summed E-state index contributed by atoms with van der Waals surface area (Å²) in [4.78, 5) is 26.8. The third-order valence-electron chi connectivity index (χ3n) is 7.08. The first-order valence-electron chi connectivity index (χ1n) is 10.7. The van der Waals surface area contributed by atoms with Gasteiger partial charge in [-0.3, -0.25) is 10.1 Å². The van der Waals surface area contributed by atoms with Gasteiger partial charge in [0.25, 0.3) is 0 Å². The van der Waals surface area contributed by atoms with Crippen LogP contribution >= 0.6 is 0 Å². The number of ether oxygens (including phenoxy) is 1. The monoisotopic (exact) mass is 515 g/mol.